The predicted molar refractivity (Wildman–Crippen MR) is 104 cm³/mol. The second kappa shape index (κ2) is 7.09. The van der Waals surface area contributed by atoms with Crippen molar-refractivity contribution in [2.24, 2.45) is 0 Å². The van der Waals surface area contributed by atoms with E-state index in [4.69, 9.17) is 4.98 Å². The van der Waals surface area contributed by atoms with E-state index in [9.17, 15) is 4.79 Å². The first-order valence-electron chi connectivity index (χ1n) is 8.49. The first kappa shape index (κ1) is 16.5. The van der Waals surface area contributed by atoms with Crippen molar-refractivity contribution in [3.8, 4) is 10.6 Å². The molecule has 0 bridgehead atoms. The Hall–Kier alpha value is -2.99. The van der Waals surface area contributed by atoms with Gasteiger partial charge < -0.3 is 5.32 Å². The van der Waals surface area contributed by atoms with Gasteiger partial charge in [-0.2, -0.15) is 5.10 Å². The van der Waals surface area contributed by atoms with Crippen LogP contribution in [0.3, 0.4) is 0 Å². The summed E-state index contributed by atoms with van der Waals surface area (Å²) < 4.78 is 1.82. The molecule has 3 aromatic heterocycles. The number of hydrogen-bond donors (Lipinski definition) is 1. The summed E-state index contributed by atoms with van der Waals surface area (Å²) in [7, 11) is 0. The molecule has 6 heteroatoms. The van der Waals surface area contributed by atoms with E-state index in [1.54, 1.807) is 17.5 Å². The molecular weight excluding hydrogens is 344 g/mol. The van der Waals surface area contributed by atoms with Crippen LogP contribution in [-0.4, -0.2) is 20.7 Å². The van der Waals surface area contributed by atoms with Crippen LogP contribution < -0.4 is 5.32 Å². The van der Waals surface area contributed by atoms with E-state index in [2.05, 4.69) is 10.4 Å². The number of aryl methyl sites for hydroxylation is 1. The van der Waals surface area contributed by atoms with E-state index < -0.39 is 0 Å². The molecule has 0 aliphatic carbocycles. The highest BCUT2D eigenvalue weighted by molar-refractivity contribution is 7.13. The summed E-state index contributed by atoms with van der Waals surface area (Å²) in [5, 5.41) is 10.2. The topological polar surface area (TPSA) is 59.8 Å². The van der Waals surface area contributed by atoms with Crippen molar-refractivity contribution >= 4 is 28.3 Å². The van der Waals surface area contributed by atoms with E-state index in [0.717, 1.165) is 27.2 Å². The number of fused-ring (bicyclic) bond motifs is 1. The molecule has 3 heterocycles. The number of aromatic nitrogens is 3. The maximum atomic E-state index is 12.9. The van der Waals surface area contributed by atoms with Crippen LogP contribution >= 0.6 is 11.3 Å². The number of nitrogens with one attached hydrogen (secondary N) is 1. The number of nitrogens with zero attached hydrogens (tertiary/aromatic N) is 3. The van der Waals surface area contributed by atoms with Crippen LogP contribution in [0.5, 0.6) is 0 Å². The van der Waals surface area contributed by atoms with Crippen molar-refractivity contribution in [3.63, 3.8) is 0 Å². The van der Waals surface area contributed by atoms with Crippen LogP contribution in [0, 0.1) is 0 Å². The Bertz CT molecular complexity index is 1040. The number of carbonyl (C=O) groups is 1. The third-order valence-electron chi connectivity index (χ3n) is 4.22. The van der Waals surface area contributed by atoms with Crippen molar-refractivity contribution in [2.75, 3.05) is 0 Å². The third-order valence-corrected chi connectivity index (χ3v) is 5.12. The fourth-order valence-electron chi connectivity index (χ4n) is 2.89. The largest absolute Gasteiger partial charge is 0.348 e. The lowest BCUT2D eigenvalue weighted by molar-refractivity contribution is 0.0952. The molecule has 1 N–H and O–H groups in total. The Balaban J connectivity index is 1.73. The summed E-state index contributed by atoms with van der Waals surface area (Å²) in [6.45, 7) is 3.20. The van der Waals surface area contributed by atoms with Crippen LogP contribution in [0.1, 0.15) is 22.8 Å². The molecule has 0 aliphatic heterocycles. The van der Waals surface area contributed by atoms with Crippen LogP contribution in [0.4, 0.5) is 0 Å². The zero-order chi connectivity index (χ0) is 17.9. The zero-order valence-electron chi connectivity index (χ0n) is 14.3. The highest BCUT2D eigenvalue weighted by Crippen LogP contribution is 2.28. The maximum Gasteiger partial charge on any atom is 0.252 e. The summed E-state index contributed by atoms with van der Waals surface area (Å²) in [5.41, 5.74) is 3.21. The molecular formula is C20H18N4OS. The molecule has 0 fully saturated rings. The minimum atomic E-state index is -0.116. The van der Waals surface area contributed by atoms with Crippen molar-refractivity contribution in [3.05, 3.63) is 71.2 Å². The van der Waals surface area contributed by atoms with Gasteiger partial charge in [-0.1, -0.05) is 36.4 Å². The Morgan fingerprint density at radius 1 is 1.19 bits per heavy atom. The summed E-state index contributed by atoms with van der Waals surface area (Å²) in [5.74, 6) is -0.116. The number of benzene rings is 1. The molecule has 4 aromatic rings. The first-order valence-corrected chi connectivity index (χ1v) is 9.37. The number of carbonyl (C=O) groups excluding carboxylic acids is 1. The fourth-order valence-corrected chi connectivity index (χ4v) is 3.58. The van der Waals surface area contributed by atoms with Gasteiger partial charge in [0.05, 0.1) is 27.7 Å². The summed E-state index contributed by atoms with van der Waals surface area (Å²) in [6.07, 6.45) is 1.72. The fraction of sp³-hybridized carbons (Fsp3) is 0.150. The lowest BCUT2D eigenvalue weighted by Gasteiger charge is -2.09. The predicted octanol–water partition coefficient (Wildman–Crippen LogP) is 4.11. The maximum absolute atomic E-state index is 12.9. The van der Waals surface area contributed by atoms with Gasteiger partial charge in [0, 0.05) is 13.1 Å². The van der Waals surface area contributed by atoms with Gasteiger partial charge in [0.15, 0.2) is 5.65 Å². The molecule has 0 aliphatic rings. The number of amides is 1. The molecule has 130 valence electrons. The molecule has 0 unspecified atom stereocenters. The van der Waals surface area contributed by atoms with Gasteiger partial charge in [0.1, 0.15) is 0 Å². The summed E-state index contributed by atoms with van der Waals surface area (Å²) >= 11 is 1.61. The molecule has 1 aromatic carbocycles. The van der Waals surface area contributed by atoms with Crippen molar-refractivity contribution in [2.45, 2.75) is 20.0 Å². The Morgan fingerprint density at radius 3 is 2.77 bits per heavy atom. The number of thiophene rings is 1. The molecule has 0 saturated heterocycles. The Morgan fingerprint density at radius 2 is 2.04 bits per heavy atom. The monoisotopic (exact) mass is 362 g/mol. The van der Waals surface area contributed by atoms with Crippen LogP contribution in [0.25, 0.3) is 21.6 Å². The van der Waals surface area contributed by atoms with Gasteiger partial charge in [-0.05, 0) is 30.0 Å². The smallest absolute Gasteiger partial charge is 0.252 e. The minimum Gasteiger partial charge on any atom is -0.348 e. The van der Waals surface area contributed by atoms with Gasteiger partial charge in [-0.3, -0.25) is 4.79 Å². The third kappa shape index (κ3) is 3.11. The summed E-state index contributed by atoms with van der Waals surface area (Å²) in [6, 6.07) is 15.7. The van der Waals surface area contributed by atoms with E-state index in [0.29, 0.717) is 18.7 Å². The van der Waals surface area contributed by atoms with Crippen LogP contribution in [-0.2, 0) is 13.1 Å². The molecule has 1 amide bonds. The van der Waals surface area contributed by atoms with Crippen molar-refractivity contribution in [1.82, 2.24) is 20.1 Å². The van der Waals surface area contributed by atoms with Crippen molar-refractivity contribution < 1.29 is 4.79 Å². The normalized spacial score (nSPS) is 11.0. The van der Waals surface area contributed by atoms with E-state index in [-0.39, 0.29) is 5.91 Å². The molecule has 0 radical (unpaired) electrons. The van der Waals surface area contributed by atoms with Gasteiger partial charge in [0.2, 0.25) is 0 Å². The molecule has 5 nitrogen and oxygen atoms in total. The highest BCUT2D eigenvalue weighted by Gasteiger charge is 2.17. The standard InChI is InChI=1S/C20H18N4OS/c1-2-24-19-16(13-22-24)15(11-17(23-19)18-9-6-10-26-18)20(25)21-12-14-7-4-3-5-8-14/h3-11,13H,2,12H2,1H3,(H,21,25). The number of hydrogen-bond acceptors (Lipinski definition) is 4. The highest BCUT2D eigenvalue weighted by atomic mass is 32.1. The molecule has 0 atom stereocenters. The molecule has 0 spiro atoms. The van der Waals surface area contributed by atoms with Gasteiger partial charge in [0.25, 0.3) is 5.91 Å². The second-order valence-corrected chi connectivity index (χ2v) is 6.85. The van der Waals surface area contributed by atoms with Gasteiger partial charge in [-0.15, -0.1) is 11.3 Å². The lowest BCUT2D eigenvalue weighted by Crippen LogP contribution is -2.23. The quantitative estimate of drug-likeness (QED) is 0.581. The molecule has 0 saturated carbocycles. The number of pyridine rings is 1. The zero-order valence-corrected chi connectivity index (χ0v) is 15.2. The van der Waals surface area contributed by atoms with Gasteiger partial charge in [-0.25, -0.2) is 9.67 Å². The number of rotatable bonds is 5. The van der Waals surface area contributed by atoms with E-state index in [1.807, 2.05) is 65.5 Å². The van der Waals surface area contributed by atoms with Crippen molar-refractivity contribution in [1.29, 1.82) is 0 Å². The average Bonchev–Trinajstić information content (AvgIpc) is 3.35. The lowest BCUT2D eigenvalue weighted by atomic mass is 10.1. The molecule has 26 heavy (non-hydrogen) atoms. The van der Waals surface area contributed by atoms with Crippen LogP contribution in [0.15, 0.2) is 60.1 Å². The Kier molecular flexibility index (Phi) is 4.50. The SMILES string of the molecule is CCn1ncc2c(C(=O)NCc3ccccc3)cc(-c3cccs3)nc21. The van der Waals surface area contributed by atoms with E-state index >= 15 is 0 Å². The summed E-state index contributed by atoms with van der Waals surface area (Å²) in [4.78, 5) is 18.7. The van der Waals surface area contributed by atoms with Crippen LogP contribution in [0.2, 0.25) is 0 Å². The average molecular weight is 362 g/mol. The Labute approximate surface area is 155 Å². The first-order chi connectivity index (χ1) is 12.8. The van der Waals surface area contributed by atoms with Gasteiger partial charge >= 0.3 is 0 Å². The molecule has 4 rings (SSSR count). The second-order valence-electron chi connectivity index (χ2n) is 5.90. The van der Waals surface area contributed by atoms with E-state index in [1.165, 1.54) is 0 Å². The minimum absolute atomic E-state index is 0.116.